The van der Waals surface area contributed by atoms with Gasteiger partial charge in [-0.15, -0.1) is 0 Å². The maximum Gasteiger partial charge on any atom is 0.415 e. The van der Waals surface area contributed by atoms with E-state index < -0.39 is 17.5 Å². The number of carbonyl (C=O) groups is 2. The van der Waals surface area contributed by atoms with Gasteiger partial charge in [-0.1, -0.05) is 0 Å². The third-order valence-corrected chi connectivity index (χ3v) is 2.47. The van der Waals surface area contributed by atoms with Crippen molar-refractivity contribution in [1.82, 2.24) is 0 Å². The molecule has 0 aliphatic carbocycles. The smallest absolute Gasteiger partial charge is 0.415 e. The number of amides is 1. The highest BCUT2D eigenvalue weighted by Gasteiger charge is 2.33. The number of ketones is 1. The highest BCUT2D eigenvalue weighted by molar-refractivity contribution is 6.14. The van der Waals surface area contributed by atoms with Gasteiger partial charge in [0.25, 0.3) is 0 Å². The molecule has 0 spiro atoms. The molecule has 0 radical (unpaired) electrons. The second-order valence-corrected chi connectivity index (χ2v) is 5.15. The summed E-state index contributed by atoms with van der Waals surface area (Å²) in [5.74, 6) is -0.775. The van der Waals surface area contributed by atoms with Crippen molar-refractivity contribution >= 4 is 17.6 Å². The molecular weight excluding hydrogens is 237 g/mol. The minimum absolute atomic E-state index is 0.103. The number of fused-ring (bicyclic) bond motifs is 1. The van der Waals surface area contributed by atoms with Crippen molar-refractivity contribution in [3.05, 3.63) is 29.6 Å². The zero-order valence-corrected chi connectivity index (χ0v) is 10.5. The topological polar surface area (TPSA) is 46.6 Å². The molecule has 4 nitrogen and oxygen atoms in total. The van der Waals surface area contributed by atoms with Gasteiger partial charge in [0.15, 0.2) is 5.78 Å². The number of benzene rings is 1. The zero-order chi connectivity index (χ0) is 13.5. The summed E-state index contributed by atoms with van der Waals surface area (Å²) in [6.45, 7) is 5.13. The summed E-state index contributed by atoms with van der Waals surface area (Å²) in [6.07, 6.45) is -0.596. The molecule has 1 aliphatic rings. The summed E-state index contributed by atoms with van der Waals surface area (Å²) in [7, 11) is 0. The van der Waals surface area contributed by atoms with Crippen molar-refractivity contribution in [1.29, 1.82) is 0 Å². The molecule has 1 amide bonds. The minimum Gasteiger partial charge on any atom is -0.443 e. The van der Waals surface area contributed by atoms with E-state index >= 15 is 0 Å². The number of anilines is 1. The van der Waals surface area contributed by atoms with Gasteiger partial charge in [-0.2, -0.15) is 0 Å². The van der Waals surface area contributed by atoms with Crippen molar-refractivity contribution in [2.75, 3.05) is 11.4 Å². The molecule has 0 saturated heterocycles. The summed E-state index contributed by atoms with van der Waals surface area (Å²) >= 11 is 0. The first-order valence-electron chi connectivity index (χ1n) is 5.61. The lowest BCUT2D eigenvalue weighted by atomic mass is 10.1. The van der Waals surface area contributed by atoms with Gasteiger partial charge in [-0.3, -0.25) is 9.69 Å². The van der Waals surface area contributed by atoms with Crippen molar-refractivity contribution in [3.8, 4) is 0 Å². The number of Topliss-reactive ketones (excluding diaryl/α,β-unsaturated/α-hetero) is 1. The molecule has 0 bridgehead atoms. The van der Waals surface area contributed by atoms with E-state index in [9.17, 15) is 14.0 Å². The fourth-order valence-electron chi connectivity index (χ4n) is 1.76. The Morgan fingerprint density at radius 1 is 1.39 bits per heavy atom. The molecule has 0 N–H and O–H groups in total. The Morgan fingerprint density at radius 2 is 2.06 bits per heavy atom. The SMILES string of the molecule is CC(C)(C)OC(=O)N1CC(=O)c2cc(F)ccc21. The Labute approximate surface area is 104 Å². The van der Waals surface area contributed by atoms with Crippen LogP contribution < -0.4 is 4.90 Å². The van der Waals surface area contributed by atoms with Crippen LogP contribution in [0.2, 0.25) is 0 Å². The lowest BCUT2D eigenvalue weighted by Crippen LogP contribution is -2.36. The van der Waals surface area contributed by atoms with E-state index in [0.29, 0.717) is 5.69 Å². The van der Waals surface area contributed by atoms with Gasteiger partial charge >= 0.3 is 6.09 Å². The second-order valence-electron chi connectivity index (χ2n) is 5.15. The lowest BCUT2D eigenvalue weighted by Gasteiger charge is -2.24. The van der Waals surface area contributed by atoms with Gasteiger partial charge in [-0.25, -0.2) is 9.18 Å². The van der Waals surface area contributed by atoms with Crippen LogP contribution in [0.3, 0.4) is 0 Å². The first-order chi connectivity index (χ1) is 8.28. The molecule has 5 heteroatoms. The van der Waals surface area contributed by atoms with Crippen LogP contribution in [0, 0.1) is 5.82 Å². The van der Waals surface area contributed by atoms with Crippen LogP contribution in [0.25, 0.3) is 0 Å². The van der Waals surface area contributed by atoms with Gasteiger partial charge in [0.1, 0.15) is 11.4 Å². The number of hydrogen-bond acceptors (Lipinski definition) is 3. The molecule has 18 heavy (non-hydrogen) atoms. The molecule has 1 aromatic carbocycles. The Morgan fingerprint density at radius 3 is 2.67 bits per heavy atom. The monoisotopic (exact) mass is 251 g/mol. The third-order valence-electron chi connectivity index (χ3n) is 2.47. The molecule has 1 aromatic rings. The summed E-state index contributed by atoms with van der Waals surface area (Å²) in [6, 6.07) is 3.77. The quantitative estimate of drug-likeness (QED) is 0.712. The van der Waals surface area contributed by atoms with Crippen molar-refractivity contribution in [2.45, 2.75) is 26.4 Å². The van der Waals surface area contributed by atoms with E-state index in [1.807, 2.05) is 0 Å². The Hall–Kier alpha value is -1.91. The maximum absolute atomic E-state index is 13.0. The molecule has 0 aromatic heterocycles. The number of nitrogens with zero attached hydrogens (tertiary/aromatic N) is 1. The maximum atomic E-state index is 13.0. The van der Waals surface area contributed by atoms with E-state index in [1.54, 1.807) is 20.8 Å². The highest BCUT2D eigenvalue weighted by Crippen LogP contribution is 2.29. The number of hydrogen-bond donors (Lipinski definition) is 0. The van der Waals surface area contributed by atoms with E-state index in [4.69, 9.17) is 4.74 Å². The normalized spacial score (nSPS) is 14.7. The van der Waals surface area contributed by atoms with E-state index in [1.165, 1.54) is 17.0 Å². The van der Waals surface area contributed by atoms with Gasteiger partial charge < -0.3 is 4.74 Å². The number of rotatable bonds is 0. The van der Waals surface area contributed by atoms with E-state index in [0.717, 1.165) is 6.07 Å². The van der Waals surface area contributed by atoms with Crippen molar-refractivity contribution in [2.24, 2.45) is 0 Å². The Balaban J connectivity index is 2.30. The van der Waals surface area contributed by atoms with Gasteiger partial charge in [0, 0.05) is 5.56 Å². The van der Waals surface area contributed by atoms with Crippen LogP contribution in [0.4, 0.5) is 14.9 Å². The molecule has 0 fully saturated rings. The largest absolute Gasteiger partial charge is 0.443 e. The van der Waals surface area contributed by atoms with Crippen LogP contribution in [-0.4, -0.2) is 24.0 Å². The lowest BCUT2D eigenvalue weighted by molar-refractivity contribution is 0.0579. The van der Waals surface area contributed by atoms with E-state index in [-0.39, 0.29) is 17.9 Å². The van der Waals surface area contributed by atoms with Gasteiger partial charge in [-0.05, 0) is 39.0 Å². The standard InChI is InChI=1S/C13H14FNO3/c1-13(2,3)18-12(17)15-7-11(16)9-6-8(14)4-5-10(9)15/h4-6H,7H2,1-3H3. The molecular formula is C13H14FNO3. The third kappa shape index (κ3) is 2.34. The summed E-state index contributed by atoms with van der Waals surface area (Å²) < 4.78 is 18.2. The van der Waals surface area contributed by atoms with Crippen molar-refractivity contribution < 1.29 is 18.7 Å². The number of ether oxygens (including phenoxy) is 1. The fourth-order valence-corrected chi connectivity index (χ4v) is 1.76. The average molecular weight is 251 g/mol. The molecule has 1 heterocycles. The summed E-state index contributed by atoms with van der Waals surface area (Å²) in [4.78, 5) is 24.8. The highest BCUT2D eigenvalue weighted by atomic mass is 19.1. The molecule has 2 rings (SSSR count). The number of carbonyl (C=O) groups excluding carboxylic acids is 2. The predicted molar refractivity (Wildman–Crippen MR) is 64.3 cm³/mol. The number of halogens is 1. The van der Waals surface area contributed by atoms with Crippen LogP contribution in [0.15, 0.2) is 18.2 Å². The molecule has 0 atom stereocenters. The van der Waals surface area contributed by atoms with Crippen LogP contribution in [0.5, 0.6) is 0 Å². The van der Waals surface area contributed by atoms with Crippen LogP contribution in [0.1, 0.15) is 31.1 Å². The minimum atomic E-state index is -0.636. The van der Waals surface area contributed by atoms with E-state index in [2.05, 4.69) is 0 Å². The van der Waals surface area contributed by atoms with Gasteiger partial charge in [0.2, 0.25) is 0 Å². The average Bonchev–Trinajstić information content (AvgIpc) is 2.54. The first kappa shape index (κ1) is 12.5. The molecule has 0 unspecified atom stereocenters. The molecule has 0 saturated carbocycles. The Bertz CT molecular complexity index is 519. The fraction of sp³-hybridized carbons (Fsp3) is 0.385. The summed E-state index contributed by atoms with van der Waals surface area (Å²) in [5, 5.41) is 0. The zero-order valence-electron chi connectivity index (χ0n) is 10.5. The molecule has 96 valence electrons. The van der Waals surface area contributed by atoms with Crippen LogP contribution >= 0.6 is 0 Å². The van der Waals surface area contributed by atoms with Crippen LogP contribution in [-0.2, 0) is 4.74 Å². The van der Waals surface area contributed by atoms with Gasteiger partial charge in [0.05, 0.1) is 12.2 Å². The Kier molecular flexibility index (Phi) is 2.84. The predicted octanol–water partition coefficient (Wildman–Crippen LogP) is 2.76. The second kappa shape index (κ2) is 4.08. The summed E-state index contributed by atoms with van der Waals surface area (Å²) in [5.41, 5.74) is -0.0142. The first-order valence-corrected chi connectivity index (χ1v) is 5.61. The van der Waals surface area contributed by atoms with Crippen molar-refractivity contribution in [3.63, 3.8) is 0 Å². The molecule has 1 aliphatic heterocycles.